The second-order valence-electron chi connectivity index (χ2n) is 5.61. The van der Waals surface area contributed by atoms with Crippen LogP contribution in [0, 0.1) is 11.8 Å². The quantitative estimate of drug-likeness (QED) is 0.694. The SMILES string of the molecule is O=C1C2CCCC2C(=O)N1C1CCCCC1O. The van der Waals surface area contributed by atoms with E-state index in [1.54, 1.807) is 0 Å². The van der Waals surface area contributed by atoms with E-state index in [1.165, 1.54) is 4.90 Å². The number of fused-ring (bicyclic) bond motifs is 1. The van der Waals surface area contributed by atoms with E-state index in [9.17, 15) is 14.7 Å². The Morgan fingerprint density at radius 2 is 1.47 bits per heavy atom. The van der Waals surface area contributed by atoms with E-state index >= 15 is 0 Å². The molecule has 2 amide bonds. The van der Waals surface area contributed by atoms with Crippen LogP contribution in [0.5, 0.6) is 0 Å². The largest absolute Gasteiger partial charge is 0.391 e. The fraction of sp³-hybridized carbons (Fsp3) is 0.846. The van der Waals surface area contributed by atoms with Crippen LogP contribution in [0.15, 0.2) is 0 Å². The summed E-state index contributed by atoms with van der Waals surface area (Å²) in [5, 5.41) is 9.98. The zero-order valence-corrected chi connectivity index (χ0v) is 9.97. The Labute approximate surface area is 101 Å². The smallest absolute Gasteiger partial charge is 0.233 e. The maximum atomic E-state index is 12.2. The van der Waals surface area contributed by atoms with E-state index < -0.39 is 6.10 Å². The minimum absolute atomic E-state index is 0.0107. The first-order valence-electron chi connectivity index (χ1n) is 6.75. The van der Waals surface area contributed by atoms with E-state index in [2.05, 4.69) is 0 Å². The molecule has 94 valence electrons. The molecule has 0 aromatic carbocycles. The van der Waals surface area contributed by atoms with Gasteiger partial charge >= 0.3 is 0 Å². The molecule has 3 fully saturated rings. The highest BCUT2D eigenvalue weighted by molar-refractivity contribution is 6.05. The molecule has 0 spiro atoms. The number of carbonyl (C=O) groups is 2. The Balaban J connectivity index is 1.83. The molecule has 4 unspecified atom stereocenters. The topological polar surface area (TPSA) is 57.6 Å². The monoisotopic (exact) mass is 237 g/mol. The van der Waals surface area contributed by atoms with Gasteiger partial charge in [0.1, 0.15) is 0 Å². The molecule has 3 rings (SSSR count). The van der Waals surface area contributed by atoms with Gasteiger partial charge in [0.05, 0.1) is 24.0 Å². The molecule has 0 bridgehead atoms. The molecular weight excluding hydrogens is 218 g/mol. The van der Waals surface area contributed by atoms with Crippen molar-refractivity contribution in [3.63, 3.8) is 0 Å². The van der Waals surface area contributed by atoms with Gasteiger partial charge < -0.3 is 5.11 Å². The van der Waals surface area contributed by atoms with Crippen molar-refractivity contribution in [3.05, 3.63) is 0 Å². The van der Waals surface area contributed by atoms with Crippen LogP contribution >= 0.6 is 0 Å². The highest BCUT2D eigenvalue weighted by Gasteiger charge is 2.52. The maximum absolute atomic E-state index is 12.2. The van der Waals surface area contributed by atoms with Crippen molar-refractivity contribution in [2.75, 3.05) is 0 Å². The third-order valence-electron chi connectivity index (χ3n) is 4.65. The fourth-order valence-corrected chi connectivity index (χ4v) is 3.74. The van der Waals surface area contributed by atoms with Crippen molar-refractivity contribution < 1.29 is 14.7 Å². The number of amides is 2. The summed E-state index contributed by atoms with van der Waals surface area (Å²) >= 11 is 0. The summed E-state index contributed by atoms with van der Waals surface area (Å²) in [6, 6.07) is -0.241. The number of aliphatic hydroxyl groups excluding tert-OH is 1. The predicted molar refractivity (Wildman–Crippen MR) is 60.9 cm³/mol. The molecule has 17 heavy (non-hydrogen) atoms. The van der Waals surface area contributed by atoms with E-state index in [-0.39, 0.29) is 29.7 Å². The summed E-state index contributed by atoms with van der Waals surface area (Å²) in [5.41, 5.74) is 0. The lowest BCUT2D eigenvalue weighted by Gasteiger charge is -2.34. The van der Waals surface area contributed by atoms with Crippen molar-refractivity contribution in [2.45, 2.75) is 57.1 Å². The molecule has 1 heterocycles. The summed E-state index contributed by atoms with van der Waals surface area (Å²) < 4.78 is 0. The molecule has 2 aliphatic carbocycles. The second-order valence-corrected chi connectivity index (χ2v) is 5.61. The van der Waals surface area contributed by atoms with E-state index in [4.69, 9.17) is 0 Å². The van der Waals surface area contributed by atoms with Crippen LogP contribution in [0.1, 0.15) is 44.9 Å². The molecule has 1 aliphatic heterocycles. The van der Waals surface area contributed by atoms with Gasteiger partial charge in [-0.25, -0.2) is 0 Å². The number of carbonyl (C=O) groups excluding carboxylic acids is 2. The van der Waals surface area contributed by atoms with Gasteiger partial charge in [-0.3, -0.25) is 14.5 Å². The van der Waals surface area contributed by atoms with Crippen molar-refractivity contribution in [2.24, 2.45) is 11.8 Å². The third kappa shape index (κ3) is 1.61. The van der Waals surface area contributed by atoms with E-state index in [0.717, 1.165) is 44.9 Å². The Morgan fingerprint density at radius 1 is 0.882 bits per heavy atom. The summed E-state index contributed by atoms with van der Waals surface area (Å²) in [6.45, 7) is 0. The van der Waals surface area contributed by atoms with Gasteiger partial charge in [-0.15, -0.1) is 0 Å². The molecule has 4 nitrogen and oxygen atoms in total. The molecule has 1 N–H and O–H groups in total. The second kappa shape index (κ2) is 4.09. The lowest BCUT2D eigenvalue weighted by Crippen LogP contribution is -2.49. The standard InChI is InChI=1S/C13H19NO3/c15-11-7-2-1-6-10(11)14-12(16)8-4-3-5-9(8)13(14)17/h8-11,15H,1-7H2. The molecule has 4 atom stereocenters. The van der Waals surface area contributed by atoms with Crippen LogP contribution < -0.4 is 0 Å². The van der Waals surface area contributed by atoms with Crippen molar-refractivity contribution >= 4 is 11.8 Å². The van der Waals surface area contributed by atoms with Crippen LogP contribution in [0.3, 0.4) is 0 Å². The van der Waals surface area contributed by atoms with Gasteiger partial charge in [0.2, 0.25) is 11.8 Å². The molecule has 0 aromatic rings. The third-order valence-corrected chi connectivity index (χ3v) is 4.65. The zero-order chi connectivity index (χ0) is 12.0. The molecule has 3 aliphatic rings. The van der Waals surface area contributed by atoms with Gasteiger partial charge in [-0.05, 0) is 25.7 Å². The molecule has 4 heteroatoms. The van der Waals surface area contributed by atoms with Gasteiger partial charge in [0.25, 0.3) is 0 Å². The van der Waals surface area contributed by atoms with Crippen LogP contribution in [0.4, 0.5) is 0 Å². The van der Waals surface area contributed by atoms with Gasteiger partial charge in [-0.2, -0.15) is 0 Å². The Morgan fingerprint density at radius 3 is 2.06 bits per heavy atom. The van der Waals surface area contributed by atoms with E-state index in [1.807, 2.05) is 0 Å². The Kier molecular flexibility index (Phi) is 2.69. The minimum Gasteiger partial charge on any atom is -0.391 e. The van der Waals surface area contributed by atoms with Gasteiger partial charge in [-0.1, -0.05) is 19.3 Å². The Hall–Kier alpha value is -0.900. The van der Waals surface area contributed by atoms with Gasteiger partial charge in [0, 0.05) is 0 Å². The predicted octanol–water partition coefficient (Wildman–Crippen LogP) is 1.07. The lowest BCUT2D eigenvalue weighted by atomic mass is 9.91. The number of hydrogen-bond donors (Lipinski definition) is 1. The molecule has 0 radical (unpaired) electrons. The van der Waals surface area contributed by atoms with Crippen LogP contribution in [-0.4, -0.2) is 34.0 Å². The number of likely N-dealkylation sites (tertiary alicyclic amines) is 1. The number of hydrogen-bond acceptors (Lipinski definition) is 3. The maximum Gasteiger partial charge on any atom is 0.233 e. The first-order chi connectivity index (χ1) is 8.20. The highest BCUT2D eigenvalue weighted by Crippen LogP contribution is 2.42. The lowest BCUT2D eigenvalue weighted by molar-refractivity contribution is -0.147. The van der Waals surface area contributed by atoms with Crippen LogP contribution in [0.2, 0.25) is 0 Å². The van der Waals surface area contributed by atoms with Crippen LogP contribution in [-0.2, 0) is 9.59 Å². The number of rotatable bonds is 1. The van der Waals surface area contributed by atoms with Crippen molar-refractivity contribution in [1.82, 2.24) is 4.90 Å². The first-order valence-corrected chi connectivity index (χ1v) is 6.75. The zero-order valence-electron chi connectivity index (χ0n) is 9.97. The normalized spacial score (nSPS) is 42.1. The molecular formula is C13H19NO3. The van der Waals surface area contributed by atoms with Gasteiger partial charge in [0.15, 0.2) is 0 Å². The highest BCUT2D eigenvalue weighted by atomic mass is 16.3. The molecule has 1 saturated heterocycles. The summed E-state index contributed by atoms with van der Waals surface area (Å²) in [6.07, 6.45) is 5.71. The number of aliphatic hydroxyl groups is 1. The molecule has 2 saturated carbocycles. The summed E-state index contributed by atoms with van der Waals surface area (Å²) in [4.78, 5) is 25.9. The van der Waals surface area contributed by atoms with E-state index in [0.29, 0.717) is 0 Å². The minimum atomic E-state index is -0.504. The number of imide groups is 1. The average Bonchev–Trinajstić information content (AvgIpc) is 2.87. The summed E-state index contributed by atoms with van der Waals surface area (Å²) in [5.74, 6) is -0.167. The average molecular weight is 237 g/mol. The van der Waals surface area contributed by atoms with Crippen molar-refractivity contribution in [1.29, 1.82) is 0 Å². The van der Waals surface area contributed by atoms with Crippen LogP contribution in [0.25, 0.3) is 0 Å². The molecule has 0 aromatic heterocycles. The number of nitrogens with zero attached hydrogens (tertiary/aromatic N) is 1. The first kappa shape index (κ1) is 11.2. The fourth-order valence-electron chi connectivity index (χ4n) is 3.74. The summed E-state index contributed by atoms with van der Waals surface area (Å²) in [7, 11) is 0. The Bertz CT molecular complexity index is 333. The van der Waals surface area contributed by atoms with Crippen molar-refractivity contribution in [3.8, 4) is 0 Å².